The van der Waals surface area contributed by atoms with Gasteiger partial charge >= 0.3 is 5.97 Å². The quantitative estimate of drug-likeness (QED) is 0.750. The topological polar surface area (TPSA) is 66.3 Å². The SMILES string of the molecule is O=C(O)C1CCCN(C(Cc2ccccn2)c2ccc3ccccc3n2)C1. The summed E-state index contributed by atoms with van der Waals surface area (Å²) in [6, 6.07) is 18.2. The highest BCUT2D eigenvalue weighted by molar-refractivity contribution is 5.78. The lowest BCUT2D eigenvalue weighted by Gasteiger charge is -2.36. The Labute approximate surface area is 158 Å². The zero-order chi connectivity index (χ0) is 18.6. The van der Waals surface area contributed by atoms with Crippen molar-refractivity contribution in [2.75, 3.05) is 13.1 Å². The molecule has 4 rings (SSSR count). The van der Waals surface area contributed by atoms with Crippen molar-refractivity contribution >= 4 is 16.9 Å². The van der Waals surface area contributed by atoms with Gasteiger partial charge in [-0.1, -0.05) is 30.3 Å². The van der Waals surface area contributed by atoms with Crippen LogP contribution in [0.1, 0.15) is 30.3 Å². The normalized spacial score (nSPS) is 19.0. The van der Waals surface area contributed by atoms with Crippen LogP contribution in [-0.2, 0) is 11.2 Å². The first-order chi connectivity index (χ1) is 13.2. The average Bonchev–Trinajstić information content (AvgIpc) is 2.72. The van der Waals surface area contributed by atoms with Crippen molar-refractivity contribution in [3.63, 3.8) is 0 Å². The molecule has 27 heavy (non-hydrogen) atoms. The van der Waals surface area contributed by atoms with Crippen LogP contribution < -0.4 is 0 Å². The maximum absolute atomic E-state index is 11.5. The van der Waals surface area contributed by atoms with Crippen LogP contribution in [0.4, 0.5) is 0 Å². The third-order valence-corrected chi connectivity index (χ3v) is 5.33. The standard InChI is InChI=1S/C22H23N3O2/c26-22(27)17-7-5-13-25(15-17)21(14-18-8-3-4-12-23-18)20-11-10-16-6-1-2-9-19(16)24-20/h1-4,6,8-12,17,21H,5,7,13-15H2,(H,26,27). The van der Waals surface area contributed by atoms with Crippen molar-refractivity contribution in [2.24, 2.45) is 5.92 Å². The van der Waals surface area contributed by atoms with E-state index in [1.165, 1.54) is 0 Å². The summed E-state index contributed by atoms with van der Waals surface area (Å²) in [5, 5.41) is 10.6. The predicted octanol–water partition coefficient (Wildman–Crippen LogP) is 3.71. The van der Waals surface area contributed by atoms with Crippen LogP contribution >= 0.6 is 0 Å². The van der Waals surface area contributed by atoms with E-state index < -0.39 is 5.97 Å². The summed E-state index contributed by atoms with van der Waals surface area (Å²) >= 11 is 0. The number of nitrogens with zero attached hydrogens (tertiary/aromatic N) is 3. The molecule has 0 radical (unpaired) electrons. The number of aromatic nitrogens is 2. The van der Waals surface area contributed by atoms with Gasteiger partial charge in [0.05, 0.1) is 23.2 Å². The number of fused-ring (bicyclic) bond motifs is 1. The Bertz CT molecular complexity index is 929. The van der Waals surface area contributed by atoms with Gasteiger partial charge in [0.1, 0.15) is 0 Å². The van der Waals surface area contributed by atoms with Crippen molar-refractivity contribution in [3.05, 3.63) is 72.2 Å². The fraction of sp³-hybridized carbons (Fsp3) is 0.318. The second kappa shape index (κ2) is 7.84. The summed E-state index contributed by atoms with van der Waals surface area (Å²) in [5.41, 5.74) is 2.94. The summed E-state index contributed by atoms with van der Waals surface area (Å²) in [6.07, 6.45) is 4.16. The first-order valence-corrected chi connectivity index (χ1v) is 9.43. The maximum Gasteiger partial charge on any atom is 0.307 e. The Morgan fingerprint density at radius 2 is 2.00 bits per heavy atom. The van der Waals surface area contributed by atoms with Gasteiger partial charge in [0.15, 0.2) is 0 Å². The highest BCUT2D eigenvalue weighted by Gasteiger charge is 2.31. The number of pyridine rings is 2. The van der Waals surface area contributed by atoms with Gasteiger partial charge < -0.3 is 5.11 Å². The maximum atomic E-state index is 11.5. The van der Waals surface area contributed by atoms with Gasteiger partial charge in [0, 0.05) is 30.2 Å². The minimum atomic E-state index is -0.706. The van der Waals surface area contributed by atoms with Crippen molar-refractivity contribution in [2.45, 2.75) is 25.3 Å². The molecule has 138 valence electrons. The Hall–Kier alpha value is -2.79. The lowest BCUT2D eigenvalue weighted by Crippen LogP contribution is -2.41. The van der Waals surface area contributed by atoms with Crippen LogP contribution in [0.3, 0.4) is 0 Å². The molecule has 2 aromatic heterocycles. The molecule has 1 N–H and O–H groups in total. The van der Waals surface area contributed by atoms with Crippen LogP contribution in [0.25, 0.3) is 10.9 Å². The van der Waals surface area contributed by atoms with Crippen molar-refractivity contribution in [1.82, 2.24) is 14.9 Å². The van der Waals surface area contributed by atoms with E-state index in [0.717, 1.165) is 48.1 Å². The molecule has 0 aliphatic carbocycles. The molecule has 1 saturated heterocycles. The molecule has 2 unspecified atom stereocenters. The second-order valence-corrected chi connectivity index (χ2v) is 7.14. The number of likely N-dealkylation sites (tertiary alicyclic amines) is 1. The van der Waals surface area contributed by atoms with Crippen molar-refractivity contribution in [1.29, 1.82) is 0 Å². The lowest BCUT2D eigenvalue weighted by atomic mass is 9.94. The number of rotatable bonds is 5. The molecule has 1 aromatic carbocycles. The van der Waals surface area contributed by atoms with E-state index in [1.54, 1.807) is 6.20 Å². The highest BCUT2D eigenvalue weighted by Crippen LogP contribution is 2.30. The highest BCUT2D eigenvalue weighted by atomic mass is 16.4. The number of piperidine rings is 1. The predicted molar refractivity (Wildman–Crippen MR) is 104 cm³/mol. The number of carboxylic acid groups (broad SMARTS) is 1. The third kappa shape index (κ3) is 3.98. The fourth-order valence-corrected chi connectivity index (χ4v) is 3.90. The smallest absolute Gasteiger partial charge is 0.307 e. The number of aliphatic carboxylic acids is 1. The van der Waals surface area contributed by atoms with E-state index in [9.17, 15) is 9.90 Å². The molecule has 1 aliphatic heterocycles. The molecular formula is C22H23N3O2. The Morgan fingerprint density at radius 1 is 1.15 bits per heavy atom. The van der Waals surface area contributed by atoms with Gasteiger partial charge in [-0.15, -0.1) is 0 Å². The van der Waals surface area contributed by atoms with Crippen molar-refractivity contribution in [3.8, 4) is 0 Å². The second-order valence-electron chi connectivity index (χ2n) is 7.14. The van der Waals surface area contributed by atoms with Crippen LogP contribution in [0.2, 0.25) is 0 Å². The number of hydrogen-bond donors (Lipinski definition) is 1. The number of benzene rings is 1. The summed E-state index contributed by atoms with van der Waals surface area (Å²) in [7, 11) is 0. The first kappa shape index (κ1) is 17.6. The van der Waals surface area contributed by atoms with Gasteiger partial charge in [0.25, 0.3) is 0 Å². The molecule has 3 heterocycles. The molecule has 1 fully saturated rings. The summed E-state index contributed by atoms with van der Waals surface area (Å²) in [5.74, 6) is -1.02. The molecular weight excluding hydrogens is 338 g/mol. The van der Waals surface area contributed by atoms with E-state index in [4.69, 9.17) is 4.98 Å². The largest absolute Gasteiger partial charge is 0.481 e. The van der Waals surface area contributed by atoms with E-state index in [2.05, 4.69) is 28.1 Å². The Morgan fingerprint density at radius 3 is 2.81 bits per heavy atom. The number of para-hydroxylation sites is 1. The van der Waals surface area contributed by atoms with Gasteiger partial charge in [-0.05, 0) is 43.7 Å². The molecule has 0 bridgehead atoms. The molecule has 2 atom stereocenters. The van der Waals surface area contributed by atoms with E-state index in [0.29, 0.717) is 6.54 Å². The number of hydrogen-bond acceptors (Lipinski definition) is 4. The molecule has 5 nitrogen and oxygen atoms in total. The lowest BCUT2D eigenvalue weighted by molar-refractivity contribution is -0.144. The van der Waals surface area contributed by atoms with Gasteiger partial charge in [-0.25, -0.2) is 0 Å². The first-order valence-electron chi connectivity index (χ1n) is 9.43. The van der Waals surface area contributed by atoms with E-state index in [-0.39, 0.29) is 12.0 Å². The average molecular weight is 361 g/mol. The zero-order valence-electron chi connectivity index (χ0n) is 15.2. The van der Waals surface area contributed by atoms with Crippen LogP contribution in [0, 0.1) is 5.92 Å². The number of carbonyl (C=O) groups is 1. The van der Waals surface area contributed by atoms with Gasteiger partial charge in [0.2, 0.25) is 0 Å². The van der Waals surface area contributed by atoms with E-state index >= 15 is 0 Å². The van der Waals surface area contributed by atoms with Gasteiger partial charge in [-0.3, -0.25) is 19.7 Å². The third-order valence-electron chi connectivity index (χ3n) is 5.33. The molecule has 0 amide bonds. The molecule has 0 saturated carbocycles. The Balaban J connectivity index is 1.69. The van der Waals surface area contributed by atoms with Crippen LogP contribution in [-0.4, -0.2) is 39.0 Å². The summed E-state index contributed by atoms with van der Waals surface area (Å²) in [4.78, 5) is 23.2. The van der Waals surface area contributed by atoms with Crippen molar-refractivity contribution < 1.29 is 9.90 Å². The minimum absolute atomic E-state index is 0.0201. The minimum Gasteiger partial charge on any atom is -0.481 e. The zero-order valence-corrected chi connectivity index (χ0v) is 15.2. The molecule has 5 heteroatoms. The molecule has 0 spiro atoms. The fourth-order valence-electron chi connectivity index (χ4n) is 3.90. The summed E-state index contributed by atoms with van der Waals surface area (Å²) < 4.78 is 0. The monoisotopic (exact) mass is 361 g/mol. The number of carboxylic acids is 1. The molecule has 1 aliphatic rings. The Kier molecular flexibility index (Phi) is 5.12. The van der Waals surface area contributed by atoms with E-state index in [1.807, 2.05) is 36.4 Å². The van der Waals surface area contributed by atoms with Gasteiger partial charge in [-0.2, -0.15) is 0 Å². The van der Waals surface area contributed by atoms with Crippen LogP contribution in [0.15, 0.2) is 60.8 Å². The van der Waals surface area contributed by atoms with Crippen LogP contribution in [0.5, 0.6) is 0 Å². The molecule has 3 aromatic rings. The summed E-state index contributed by atoms with van der Waals surface area (Å²) in [6.45, 7) is 1.44.